The smallest absolute Gasteiger partial charge is 0.300 e. The van der Waals surface area contributed by atoms with Crippen LogP contribution >= 0.6 is 0 Å². The Morgan fingerprint density at radius 2 is 1.56 bits per heavy atom. The van der Waals surface area contributed by atoms with Gasteiger partial charge in [0.2, 0.25) is 0 Å². The fraction of sp³-hybridized carbons (Fsp3) is 1.00. The molecule has 0 heterocycles. The van der Waals surface area contributed by atoms with Gasteiger partial charge in [0.05, 0.1) is 0 Å². The van der Waals surface area contributed by atoms with Crippen molar-refractivity contribution in [3.05, 3.63) is 0 Å². The van der Waals surface area contributed by atoms with Crippen molar-refractivity contribution in [2.75, 3.05) is 19.8 Å². The van der Waals surface area contributed by atoms with Gasteiger partial charge in [-0.1, -0.05) is 13.3 Å². The predicted octanol–water partition coefficient (Wildman–Crippen LogP) is 1.22. The van der Waals surface area contributed by atoms with Gasteiger partial charge in [-0.15, -0.1) is 0 Å². The molecule has 0 aromatic heterocycles. The fourth-order valence-corrected chi connectivity index (χ4v) is 2.20. The Balaban J connectivity index is 4.73. The fourth-order valence-electron chi connectivity index (χ4n) is 1.70. The summed E-state index contributed by atoms with van der Waals surface area (Å²) in [6, 6.07) is 0. The molecule has 98 valence electrons. The summed E-state index contributed by atoms with van der Waals surface area (Å²) in [6.45, 7) is 9.69. The van der Waals surface area contributed by atoms with Crippen molar-refractivity contribution in [1.29, 1.82) is 0 Å². The van der Waals surface area contributed by atoms with Crippen molar-refractivity contribution >= 4 is 10.5 Å². The molecule has 0 amide bonds. The van der Waals surface area contributed by atoms with Crippen LogP contribution in [-0.4, -0.2) is 42.4 Å². The second-order valence-corrected chi connectivity index (χ2v) is 3.81. The van der Waals surface area contributed by atoms with Crippen LogP contribution in [0.15, 0.2) is 0 Å². The lowest BCUT2D eigenvalue weighted by molar-refractivity contribution is -0.383. The van der Waals surface area contributed by atoms with Crippen LogP contribution < -0.4 is 0 Å². The van der Waals surface area contributed by atoms with E-state index < -0.39 is 5.97 Å². The number of hydrogen-bond donors (Lipinski definition) is 0. The second kappa shape index (κ2) is 9.12. The molecule has 1 unspecified atom stereocenters. The summed E-state index contributed by atoms with van der Waals surface area (Å²) in [6.07, 6.45) is 1.73. The van der Waals surface area contributed by atoms with Gasteiger partial charge in [-0.2, -0.15) is 0 Å². The van der Waals surface area contributed by atoms with Gasteiger partial charge >= 0.3 is 5.97 Å². The van der Waals surface area contributed by atoms with Crippen LogP contribution in [-0.2, 0) is 18.6 Å². The number of rotatable bonds is 10. The molecule has 0 fully saturated rings. The SMILES string of the molecule is CCCC(OCC)C(O[SiH3])(OCC)OCC. The molecule has 0 spiro atoms. The highest BCUT2D eigenvalue weighted by molar-refractivity contribution is 5.98. The Labute approximate surface area is 102 Å². The van der Waals surface area contributed by atoms with Crippen LogP contribution in [0.2, 0.25) is 0 Å². The van der Waals surface area contributed by atoms with Crippen LogP contribution in [0, 0.1) is 0 Å². The van der Waals surface area contributed by atoms with Gasteiger partial charge in [-0.05, 0) is 27.2 Å². The maximum atomic E-state index is 5.69. The molecule has 0 rings (SSSR count). The molecule has 1 atom stereocenters. The summed E-state index contributed by atoms with van der Waals surface area (Å²) in [5.74, 6) is -0.998. The van der Waals surface area contributed by atoms with Crippen molar-refractivity contribution in [3.8, 4) is 0 Å². The molecule has 0 saturated carbocycles. The Morgan fingerprint density at radius 3 is 1.88 bits per heavy atom. The molecule has 5 heteroatoms. The summed E-state index contributed by atoms with van der Waals surface area (Å²) in [5.41, 5.74) is 0. The highest BCUT2D eigenvalue weighted by Gasteiger charge is 2.41. The minimum Gasteiger partial charge on any atom is -0.378 e. The largest absolute Gasteiger partial charge is 0.378 e. The first kappa shape index (κ1) is 16.1. The first-order valence-electron chi connectivity index (χ1n) is 6.15. The van der Waals surface area contributed by atoms with Crippen molar-refractivity contribution < 1.29 is 18.6 Å². The topological polar surface area (TPSA) is 36.9 Å². The van der Waals surface area contributed by atoms with Gasteiger partial charge in [-0.3, -0.25) is 0 Å². The first-order valence-corrected chi connectivity index (χ1v) is 6.96. The van der Waals surface area contributed by atoms with Crippen LogP contribution in [0.5, 0.6) is 0 Å². The normalized spacial score (nSPS) is 14.2. The average Bonchev–Trinajstić information content (AvgIpc) is 2.28. The first-order chi connectivity index (χ1) is 7.70. The van der Waals surface area contributed by atoms with E-state index in [4.69, 9.17) is 18.6 Å². The van der Waals surface area contributed by atoms with E-state index in [0.29, 0.717) is 30.3 Å². The molecular formula is C11H26O4Si. The molecular weight excluding hydrogens is 224 g/mol. The Hall–Kier alpha value is 0.0569. The maximum Gasteiger partial charge on any atom is 0.300 e. The van der Waals surface area contributed by atoms with Gasteiger partial charge in [0.15, 0.2) is 10.5 Å². The lowest BCUT2D eigenvalue weighted by atomic mass is 10.1. The van der Waals surface area contributed by atoms with Crippen LogP contribution in [0.4, 0.5) is 0 Å². The van der Waals surface area contributed by atoms with E-state index in [1.807, 2.05) is 20.8 Å². The molecule has 0 radical (unpaired) electrons. The molecule has 0 aromatic rings. The molecule has 0 aliphatic carbocycles. The highest BCUT2D eigenvalue weighted by Crippen LogP contribution is 2.25. The van der Waals surface area contributed by atoms with E-state index in [-0.39, 0.29) is 6.10 Å². The molecule has 16 heavy (non-hydrogen) atoms. The van der Waals surface area contributed by atoms with Crippen molar-refractivity contribution in [2.24, 2.45) is 0 Å². The van der Waals surface area contributed by atoms with Gasteiger partial charge in [0, 0.05) is 19.8 Å². The van der Waals surface area contributed by atoms with Crippen molar-refractivity contribution in [1.82, 2.24) is 0 Å². The summed E-state index contributed by atoms with van der Waals surface area (Å²) in [7, 11) is 0.557. The minimum absolute atomic E-state index is 0.153. The lowest BCUT2D eigenvalue weighted by Gasteiger charge is -2.38. The average molecular weight is 250 g/mol. The maximum absolute atomic E-state index is 5.69. The van der Waals surface area contributed by atoms with Gasteiger partial charge in [0.25, 0.3) is 0 Å². The zero-order valence-corrected chi connectivity index (χ0v) is 13.2. The number of hydrogen-bond acceptors (Lipinski definition) is 4. The molecule has 0 aromatic carbocycles. The third-order valence-corrected chi connectivity index (χ3v) is 2.86. The Kier molecular flexibility index (Phi) is 9.16. The van der Waals surface area contributed by atoms with Crippen molar-refractivity contribution in [2.45, 2.75) is 52.6 Å². The third-order valence-electron chi connectivity index (χ3n) is 2.29. The lowest BCUT2D eigenvalue weighted by Crippen LogP contribution is -2.51. The zero-order valence-electron chi connectivity index (χ0n) is 11.2. The van der Waals surface area contributed by atoms with E-state index in [2.05, 4.69) is 6.92 Å². The van der Waals surface area contributed by atoms with Crippen LogP contribution in [0.1, 0.15) is 40.5 Å². The van der Waals surface area contributed by atoms with E-state index >= 15 is 0 Å². The summed E-state index contributed by atoms with van der Waals surface area (Å²) < 4.78 is 22.5. The van der Waals surface area contributed by atoms with Crippen molar-refractivity contribution in [3.63, 3.8) is 0 Å². The molecule has 0 aliphatic heterocycles. The molecule has 0 saturated heterocycles. The summed E-state index contributed by atoms with van der Waals surface area (Å²) >= 11 is 0. The molecule has 0 aliphatic rings. The third kappa shape index (κ3) is 4.51. The minimum atomic E-state index is -0.998. The van der Waals surface area contributed by atoms with E-state index in [1.165, 1.54) is 0 Å². The van der Waals surface area contributed by atoms with E-state index in [9.17, 15) is 0 Å². The Bertz CT molecular complexity index is 154. The van der Waals surface area contributed by atoms with Gasteiger partial charge < -0.3 is 18.6 Å². The van der Waals surface area contributed by atoms with Gasteiger partial charge in [0.1, 0.15) is 6.10 Å². The molecule has 0 N–H and O–H groups in total. The predicted molar refractivity (Wildman–Crippen MR) is 67.3 cm³/mol. The Morgan fingerprint density at radius 1 is 1.00 bits per heavy atom. The quantitative estimate of drug-likeness (QED) is 0.431. The highest BCUT2D eigenvalue weighted by atomic mass is 28.2. The van der Waals surface area contributed by atoms with E-state index in [0.717, 1.165) is 12.8 Å². The van der Waals surface area contributed by atoms with Gasteiger partial charge in [-0.25, -0.2) is 0 Å². The molecule has 0 bridgehead atoms. The van der Waals surface area contributed by atoms with Crippen LogP contribution in [0.3, 0.4) is 0 Å². The van der Waals surface area contributed by atoms with Crippen LogP contribution in [0.25, 0.3) is 0 Å². The summed E-state index contributed by atoms with van der Waals surface area (Å²) in [4.78, 5) is 0. The molecule has 4 nitrogen and oxygen atoms in total. The number of ether oxygens (including phenoxy) is 3. The van der Waals surface area contributed by atoms with E-state index in [1.54, 1.807) is 0 Å². The second-order valence-electron chi connectivity index (χ2n) is 3.41. The monoisotopic (exact) mass is 250 g/mol. The summed E-state index contributed by atoms with van der Waals surface area (Å²) in [5, 5.41) is 0. The zero-order chi connectivity index (χ0) is 12.4. The standard InChI is InChI=1S/C11H26O4Si/c1-5-9-10(12-6-2)11(15-16,13-7-3)14-8-4/h10H,5-9H2,1-4,16H3.